The van der Waals surface area contributed by atoms with Gasteiger partial charge in [0.05, 0.1) is 40.3 Å². The lowest BCUT2D eigenvalue weighted by molar-refractivity contribution is -0.889. The summed E-state index contributed by atoms with van der Waals surface area (Å²) >= 11 is 0. The van der Waals surface area contributed by atoms with Crippen LogP contribution in [0.2, 0.25) is 0 Å². The Morgan fingerprint density at radius 1 is 0.468 bits per heavy atom. The quantitative estimate of drug-likeness (QED) is 0.0260. The predicted molar refractivity (Wildman–Crippen MR) is 259 cm³/mol. The largest absolute Gasteiger partial charge is 0.544 e. The zero-order valence-corrected chi connectivity index (χ0v) is 41.6. The molecule has 364 valence electrons. The highest BCUT2D eigenvalue weighted by molar-refractivity contribution is 5.70. The first-order chi connectivity index (χ1) is 30.1. The Kier molecular flexibility index (Phi) is 43.8. The molecule has 0 saturated heterocycles. The molecule has 0 fully saturated rings. The first-order valence-electron chi connectivity index (χ1n) is 26.4. The fraction of sp³-hybridized carbons (Fsp3) is 0.870. The molecular weight excluding hydrogens is 775 g/mol. The fourth-order valence-electron chi connectivity index (χ4n) is 7.94. The Morgan fingerprint density at radius 2 is 0.806 bits per heavy atom. The van der Waals surface area contributed by atoms with Crippen LogP contribution >= 0.6 is 0 Å². The lowest BCUT2D eigenvalue weighted by Gasteiger charge is -2.34. The molecule has 0 amide bonds. The Balaban J connectivity index is 4.19. The summed E-state index contributed by atoms with van der Waals surface area (Å²) in [4.78, 5) is 37.0. The third kappa shape index (κ3) is 43.1. The van der Waals surface area contributed by atoms with E-state index in [0.29, 0.717) is 12.8 Å². The average molecular weight is 876 g/mol. The van der Waals surface area contributed by atoms with Crippen LogP contribution in [-0.4, -0.2) is 75.5 Å². The molecule has 0 aromatic heterocycles. The van der Waals surface area contributed by atoms with Gasteiger partial charge in [0, 0.05) is 19.3 Å². The van der Waals surface area contributed by atoms with Crippen LogP contribution in [-0.2, 0) is 28.6 Å². The summed E-state index contributed by atoms with van der Waals surface area (Å²) in [7, 11) is 5.42. The minimum Gasteiger partial charge on any atom is -0.544 e. The van der Waals surface area contributed by atoms with E-state index in [9.17, 15) is 19.5 Å². The van der Waals surface area contributed by atoms with Crippen LogP contribution in [0.1, 0.15) is 251 Å². The van der Waals surface area contributed by atoms with Crippen molar-refractivity contribution in [3.63, 3.8) is 0 Å². The second kappa shape index (κ2) is 45.4. The molecule has 0 saturated carbocycles. The number of carboxylic acids is 1. The van der Waals surface area contributed by atoms with Crippen LogP contribution in [0, 0.1) is 0 Å². The molecule has 8 nitrogen and oxygen atoms in total. The van der Waals surface area contributed by atoms with Crippen molar-refractivity contribution in [2.45, 2.75) is 264 Å². The summed E-state index contributed by atoms with van der Waals surface area (Å²) in [5.74, 6) is -1.73. The number of nitrogens with zero attached hydrogens (tertiary/aromatic N) is 1. The van der Waals surface area contributed by atoms with Gasteiger partial charge in [0.1, 0.15) is 12.6 Å². The summed E-state index contributed by atoms with van der Waals surface area (Å²) in [6, 6.07) is -0.725. The van der Waals surface area contributed by atoms with Gasteiger partial charge in [-0.3, -0.25) is 9.59 Å². The van der Waals surface area contributed by atoms with Gasteiger partial charge in [-0.25, -0.2) is 0 Å². The van der Waals surface area contributed by atoms with Gasteiger partial charge in [-0.2, -0.15) is 0 Å². The van der Waals surface area contributed by atoms with Crippen molar-refractivity contribution in [2.24, 2.45) is 0 Å². The van der Waals surface area contributed by atoms with E-state index in [1.807, 2.05) is 0 Å². The highest BCUT2D eigenvalue weighted by Crippen LogP contribution is 2.16. The van der Waals surface area contributed by atoms with E-state index >= 15 is 0 Å². The van der Waals surface area contributed by atoms with Gasteiger partial charge < -0.3 is 28.6 Å². The standard InChI is InChI=1S/C54H101NO7/c1-6-8-10-12-14-16-18-20-22-23-24-25-26-27-28-29-31-33-35-37-39-41-43-45-53(57)62-50(48-60-47-46-51(54(58)59)55(3,4)5)49-61-52(56)44-42-40-38-36-34-32-30-21-19-17-15-13-11-9-7-2/h17,19,27-28,50-51H,6-16,18,20-26,29-49H2,1-5H3/b19-17+,28-27+. The zero-order valence-electron chi connectivity index (χ0n) is 41.6. The molecule has 8 heteroatoms. The Bertz CT molecular complexity index is 1070. The Hall–Kier alpha value is -2.19. The van der Waals surface area contributed by atoms with Crippen LogP contribution in [0.3, 0.4) is 0 Å². The number of ether oxygens (including phenoxy) is 3. The molecule has 62 heavy (non-hydrogen) atoms. The molecule has 0 aliphatic rings. The number of quaternary nitrogens is 1. The first-order valence-corrected chi connectivity index (χ1v) is 26.4. The van der Waals surface area contributed by atoms with Crippen LogP contribution in [0.4, 0.5) is 0 Å². The van der Waals surface area contributed by atoms with Crippen LogP contribution < -0.4 is 5.11 Å². The highest BCUT2D eigenvalue weighted by Gasteiger charge is 2.25. The maximum Gasteiger partial charge on any atom is 0.306 e. The maximum absolute atomic E-state index is 12.8. The van der Waals surface area contributed by atoms with E-state index in [1.165, 1.54) is 180 Å². The smallest absolute Gasteiger partial charge is 0.306 e. The van der Waals surface area contributed by atoms with E-state index in [-0.39, 0.29) is 42.7 Å². The number of unbranched alkanes of at least 4 members (excludes halogenated alkanes) is 30. The lowest BCUT2D eigenvalue weighted by atomic mass is 10.0. The van der Waals surface area contributed by atoms with Crippen LogP contribution in [0.25, 0.3) is 0 Å². The van der Waals surface area contributed by atoms with Gasteiger partial charge in [0.15, 0.2) is 6.10 Å². The third-order valence-corrected chi connectivity index (χ3v) is 12.1. The summed E-state index contributed by atoms with van der Waals surface area (Å²) < 4.78 is 17.2. The number of rotatable bonds is 48. The molecule has 0 N–H and O–H groups in total. The summed E-state index contributed by atoms with van der Waals surface area (Å²) in [5, 5.41) is 11.7. The number of likely N-dealkylation sites (N-methyl/N-ethyl adjacent to an activating group) is 1. The Labute approximate surface area is 383 Å². The average Bonchev–Trinajstić information content (AvgIpc) is 3.23. The summed E-state index contributed by atoms with van der Waals surface area (Å²) in [6.07, 6.45) is 52.1. The number of hydrogen-bond donors (Lipinski definition) is 0. The van der Waals surface area contributed by atoms with E-state index in [1.54, 1.807) is 21.1 Å². The molecule has 0 aliphatic heterocycles. The highest BCUT2D eigenvalue weighted by atomic mass is 16.6. The molecule has 0 aromatic carbocycles. The van der Waals surface area contributed by atoms with Gasteiger partial charge in [0.2, 0.25) is 0 Å². The van der Waals surface area contributed by atoms with Crippen molar-refractivity contribution in [3.05, 3.63) is 24.3 Å². The van der Waals surface area contributed by atoms with Gasteiger partial charge in [-0.1, -0.05) is 192 Å². The first kappa shape index (κ1) is 59.8. The minimum atomic E-state index is -1.12. The molecule has 2 atom stereocenters. The summed E-state index contributed by atoms with van der Waals surface area (Å²) in [6.45, 7) is 4.68. The van der Waals surface area contributed by atoms with E-state index in [4.69, 9.17) is 14.2 Å². The lowest BCUT2D eigenvalue weighted by Crippen LogP contribution is -2.55. The van der Waals surface area contributed by atoms with Crippen molar-refractivity contribution >= 4 is 17.9 Å². The van der Waals surface area contributed by atoms with Gasteiger partial charge in [-0.15, -0.1) is 0 Å². The maximum atomic E-state index is 12.8. The van der Waals surface area contributed by atoms with Gasteiger partial charge in [0.25, 0.3) is 0 Å². The normalized spacial score (nSPS) is 13.0. The van der Waals surface area contributed by atoms with E-state index < -0.39 is 18.1 Å². The van der Waals surface area contributed by atoms with Gasteiger partial charge >= 0.3 is 11.9 Å². The third-order valence-electron chi connectivity index (χ3n) is 12.1. The molecule has 2 unspecified atom stereocenters. The minimum absolute atomic E-state index is 0.0409. The van der Waals surface area contributed by atoms with Crippen molar-refractivity contribution < 1.29 is 38.2 Å². The van der Waals surface area contributed by atoms with Crippen molar-refractivity contribution in [1.82, 2.24) is 0 Å². The second-order valence-corrected chi connectivity index (χ2v) is 19.1. The molecule has 0 rings (SSSR count). The van der Waals surface area contributed by atoms with E-state index in [2.05, 4.69) is 38.2 Å². The number of carboxylic acid groups (broad SMARTS) is 1. The zero-order chi connectivity index (χ0) is 45.6. The van der Waals surface area contributed by atoms with E-state index in [0.717, 1.165) is 38.5 Å². The molecule has 0 spiro atoms. The van der Waals surface area contributed by atoms with Crippen LogP contribution in [0.15, 0.2) is 24.3 Å². The van der Waals surface area contributed by atoms with Crippen LogP contribution in [0.5, 0.6) is 0 Å². The number of aliphatic carboxylic acids is 1. The SMILES string of the molecule is CCCCCC/C=C/CCCCCCCCCC(=O)OCC(COCCC(C(=O)[O-])[N+](C)(C)C)OC(=O)CCCCCCCCC/C=C/CCCCCCCCCCCCCC. The van der Waals surface area contributed by atoms with Crippen molar-refractivity contribution in [3.8, 4) is 0 Å². The molecular formula is C54H101NO7. The molecule has 0 aliphatic carbocycles. The molecule has 0 bridgehead atoms. The topological polar surface area (TPSA) is 102 Å². The second-order valence-electron chi connectivity index (χ2n) is 19.1. The number of carbonyl (C=O) groups excluding carboxylic acids is 3. The van der Waals surface area contributed by atoms with Crippen molar-refractivity contribution in [1.29, 1.82) is 0 Å². The number of carbonyl (C=O) groups is 3. The summed E-state index contributed by atoms with van der Waals surface area (Å²) in [5.41, 5.74) is 0. The monoisotopic (exact) mass is 876 g/mol. The van der Waals surface area contributed by atoms with Gasteiger partial charge in [-0.05, 0) is 64.2 Å². The van der Waals surface area contributed by atoms with Crippen molar-refractivity contribution in [2.75, 3.05) is 41.0 Å². The molecule has 0 heterocycles. The molecule has 0 aromatic rings. The fourth-order valence-corrected chi connectivity index (χ4v) is 7.94. The predicted octanol–water partition coefficient (Wildman–Crippen LogP) is 13.9. The Morgan fingerprint density at radius 3 is 1.18 bits per heavy atom. The number of esters is 2. The number of hydrogen-bond acceptors (Lipinski definition) is 7. The number of allylic oxidation sites excluding steroid dienone is 4. The molecule has 0 radical (unpaired) electrons.